The van der Waals surface area contributed by atoms with Crippen LogP contribution in [0.5, 0.6) is 0 Å². The number of β-amino-alcohol motifs (C(OH)–C–C–N with tert-alkyl or cyclic N) is 1. The molecule has 0 aromatic heterocycles. The summed E-state index contributed by atoms with van der Waals surface area (Å²) in [6.07, 6.45) is 2.79. The van der Waals surface area contributed by atoms with Gasteiger partial charge in [-0.05, 0) is 18.8 Å². The largest absolute Gasteiger partial charge is 0.391 e. The lowest BCUT2D eigenvalue weighted by Crippen LogP contribution is -2.42. The summed E-state index contributed by atoms with van der Waals surface area (Å²) in [5.41, 5.74) is -0.523. The number of aliphatic hydroxyl groups excluding tert-OH is 1. The Hall–Kier alpha value is -0.900. The molecule has 0 aliphatic carbocycles. The number of hydrogen-bond donors (Lipinski definition) is 1. The highest BCUT2D eigenvalue weighted by Crippen LogP contribution is 2.39. The predicted molar refractivity (Wildman–Crippen MR) is 74.4 cm³/mol. The molecule has 19 heavy (non-hydrogen) atoms. The van der Waals surface area contributed by atoms with Gasteiger partial charge in [0.05, 0.1) is 18.1 Å². The number of aliphatic hydroxyl groups is 1. The maximum Gasteiger partial charge on any atom is 0.235 e. The van der Waals surface area contributed by atoms with E-state index in [4.69, 9.17) is 0 Å². The predicted octanol–water partition coefficient (Wildman–Crippen LogP) is 2.35. The number of amides is 2. The fourth-order valence-electron chi connectivity index (χ4n) is 3.02. The van der Waals surface area contributed by atoms with Crippen LogP contribution in [-0.4, -0.2) is 34.5 Å². The molecule has 1 fully saturated rings. The fourth-order valence-corrected chi connectivity index (χ4v) is 3.02. The van der Waals surface area contributed by atoms with Crippen LogP contribution in [0.2, 0.25) is 0 Å². The van der Waals surface area contributed by atoms with Crippen molar-refractivity contribution in [2.24, 2.45) is 11.3 Å². The van der Waals surface area contributed by atoms with Crippen molar-refractivity contribution in [2.45, 2.75) is 65.9 Å². The lowest BCUT2D eigenvalue weighted by molar-refractivity contribution is -0.143. The normalized spacial score (nSPS) is 20.4. The Morgan fingerprint density at radius 1 is 1.16 bits per heavy atom. The minimum Gasteiger partial charge on any atom is -0.391 e. The second-order valence-electron chi connectivity index (χ2n) is 5.62. The average molecular weight is 269 g/mol. The third-order valence-electron chi connectivity index (χ3n) is 4.81. The summed E-state index contributed by atoms with van der Waals surface area (Å²) in [5, 5.41) is 10.2. The van der Waals surface area contributed by atoms with Gasteiger partial charge in [0.1, 0.15) is 0 Å². The van der Waals surface area contributed by atoms with Gasteiger partial charge in [0.2, 0.25) is 11.8 Å². The number of carbonyl (C=O) groups excluding carboxylic acids is 2. The van der Waals surface area contributed by atoms with Crippen molar-refractivity contribution in [3.8, 4) is 0 Å². The second-order valence-corrected chi connectivity index (χ2v) is 5.62. The molecular weight excluding hydrogens is 242 g/mol. The van der Waals surface area contributed by atoms with Gasteiger partial charge in [-0.2, -0.15) is 0 Å². The quantitative estimate of drug-likeness (QED) is 0.722. The van der Waals surface area contributed by atoms with Crippen molar-refractivity contribution in [1.82, 2.24) is 4.90 Å². The minimum absolute atomic E-state index is 0.0903. The van der Waals surface area contributed by atoms with Crippen LogP contribution in [0, 0.1) is 11.3 Å². The molecule has 1 heterocycles. The molecular formula is C15H27NO3. The van der Waals surface area contributed by atoms with E-state index in [-0.39, 0.29) is 24.3 Å². The van der Waals surface area contributed by atoms with Crippen molar-refractivity contribution < 1.29 is 14.7 Å². The molecule has 0 bridgehead atoms. The van der Waals surface area contributed by atoms with Crippen LogP contribution in [0.4, 0.5) is 0 Å². The van der Waals surface area contributed by atoms with E-state index in [0.717, 1.165) is 12.8 Å². The molecule has 1 N–H and O–H groups in total. The highest BCUT2D eigenvalue weighted by Gasteiger charge is 2.49. The number of rotatable bonds is 7. The summed E-state index contributed by atoms with van der Waals surface area (Å²) in [6.45, 7) is 8.11. The molecule has 1 saturated heterocycles. The van der Waals surface area contributed by atoms with E-state index in [1.54, 1.807) is 0 Å². The number of carbonyl (C=O) groups is 2. The van der Waals surface area contributed by atoms with Crippen molar-refractivity contribution in [3.63, 3.8) is 0 Å². The van der Waals surface area contributed by atoms with Crippen LogP contribution in [0.15, 0.2) is 0 Å². The van der Waals surface area contributed by atoms with Crippen LogP contribution >= 0.6 is 0 Å². The summed E-state index contributed by atoms with van der Waals surface area (Å²) < 4.78 is 0. The number of imide groups is 1. The van der Waals surface area contributed by atoms with Crippen molar-refractivity contribution in [2.75, 3.05) is 6.54 Å². The van der Waals surface area contributed by atoms with Gasteiger partial charge in [-0.25, -0.2) is 0 Å². The van der Waals surface area contributed by atoms with E-state index in [1.807, 2.05) is 27.7 Å². The van der Waals surface area contributed by atoms with Crippen molar-refractivity contribution in [3.05, 3.63) is 0 Å². The molecule has 0 radical (unpaired) electrons. The van der Waals surface area contributed by atoms with Gasteiger partial charge >= 0.3 is 0 Å². The first kappa shape index (κ1) is 16.2. The minimum atomic E-state index is -0.604. The van der Waals surface area contributed by atoms with E-state index in [9.17, 15) is 14.7 Å². The highest BCUT2D eigenvalue weighted by molar-refractivity contribution is 6.05. The summed E-state index contributed by atoms with van der Waals surface area (Å²) >= 11 is 0. The standard InChI is InChI=1S/C15H27NO3/c1-5-11(6-2)12(17)10-16-13(18)9-15(7-3,8-4)14(16)19/h11-12,17H,5-10H2,1-4H3. The zero-order valence-electron chi connectivity index (χ0n) is 12.6. The lowest BCUT2D eigenvalue weighted by Gasteiger charge is -2.27. The van der Waals surface area contributed by atoms with E-state index in [0.29, 0.717) is 19.3 Å². The van der Waals surface area contributed by atoms with Gasteiger partial charge in [0.15, 0.2) is 0 Å². The highest BCUT2D eigenvalue weighted by atomic mass is 16.3. The average Bonchev–Trinajstić information content (AvgIpc) is 2.65. The second kappa shape index (κ2) is 6.51. The summed E-state index contributed by atoms with van der Waals surface area (Å²) in [7, 11) is 0. The summed E-state index contributed by atoms with van der Waals surface area (Å²) in [5.74, 6) is -0.0648. The Bertz CT molecular complexity index is 332. The first-order valence-electron chi connectivity index (χ1n) is 7.48. The Morgan fingerprint density at radius 3 is 2.05 bits per heavy atom. The molecule has 110 valence electrons. The van der Waals surface area contributed by atoms with Gasteiger partial charge in [0.25, 0.3) is 0 Å². The fraction of sp³-hybridized carbons (Fsp3) is 0.867. The Labute approximate surface area is 116 Å². The van der Waals surface area contributed by atoms with Gasteiger partial charge in [-0.1, -0.05) is 40.5 Å². The van der Waals surface area contributed by atoms with Crippen LogP contribution in [0.3, 0.4) is 0 Å². The molecule has 4 nitrogen and oxygen atoms in total. The zero-order valence-corrected chi connectivity index (χ0v) is 12.6. The molecule has 1 aliphatic heterocycles. The maximum absolute atomic E-state index is 12.4. The molecule has 0 saturated carbocycles. The molecule has 1 atom stereocenters. The zero-order chi connectivity index (χ0) is 14.6. The number of hydrogen-bond acceptors (Lipinski definition) is 3. The van der Waals surface area contributed by atoms with Crippen molar-refractivity contribution in [1.29, 1.82) is 0 Å². The van der Waals surface area contributed by atoms with Gasteiger partial charge in [0, 0.05) is 6.42 Å². The summed E-state index contributed by atoms with van der Waals surface area (Å²) in [4.78, 5) is 25.8. The van der Waals surface area contributed by atoms with E-state index < -0.39 is 11.5 Å². The van der Waals surface area contributed by atoms with Crippen molar-refractivity contribution >= 4 is 11.8 Å². The van der Waals surface area contributed by atoms with Crippen LogP contribution in [0.1, 0.15) is 59.8 Å². The first-order chi connectivity index (χ1) is 8.95. The molecule has 2 amide bonds. The molecule has 0 spiro atoms. The van der Waals surface area contributed by atoms with E-state index >= 15 is 0 Å². The number of likely N-dealkylation sites (tertiary alicyclic amines) is 1. The van der Waals surface area contributed by atoms with Crippen LogP contribution in [-0.2, 0) is 9.59 Å². The van der Waals surface area contributed by atoms with E-state index in [2.05, 4.69) is 0 Å². The number of nitrogens with zero attached hydrogens (tertiary/aromatic N) is 1. The topological polar surface area (TPSA) is 57.6 Å². The first-order valence-corrected chi connectivity index (χ1v) is 7.48. The monoisotopic (exact) mass is 269 g/mol. The summed E-state index contributed by atoms with van der Waals surface area (Å²) in [6, 6.07) is 0. The van der Waals surface area contributed by atoms with Crippen LogP contribution < -0.4 is 0 Å². The molecule has 1 unspecified atom stereocenters. The Kier molecular flexibility index (Phi) is 5.53. The third-order valence-corrected chi connectivity index (χ3v) is 4.81. The third kappa shape index (κ3) is 2.99. The SMILES string of the molecule is CCC(CC)C(O)CN1C(=O)CC(CC)(CC)C1=O. The van der Waals surface area contributed by atoms with Crippen LogP contribution in [0.25, 0.3) is 0 Å². The Balaban J connectivity index is 2.80. The maximum atomic E-state index is 12.4. The lowest BCUT2D eigenvalue weighted by atomic mass is 9.81. The van der Waals surface area contributed by atoms with E-state index in [1.165, 1.54) is 4.90 Å². The Morgan fingerprint density at radius 2 is 1.68 bits per heavy atom. The molecule has 0 aromatic rings. The molecule has 4 heteroatoms. The van der Waals surface area contributed by atoms with Gasteiger partial charge in [-0.3, -0.25) is 14.5 Å². The smallest absolute Gasteiger partial charge is 0.235 e. The van der Waals surface area contributed by atoms with Gasteiger partial charge < -0.3 is 5.11 Å². The molecule has 1 aliphatic rings. The van der Waals surface area contributed by atoms with Gasteiger partial charge in [-0.15, -0.1) is 0 Å². The molecule has 0 aromatic carbocycles. The molecule has 1 rings (SSSR count).